The summed E-state index contributed by atoms with van der Waals surface area (Å²) in [4.78, 5) is 15.8. The maximum atomic E-state index is 15.6. The SMILES string of the molecule is Cn1c(=O)oc2ccc(S(=O)(=O)N3CCC(F)(c4nc(-c5ccccc5)no4)C3)cc21. The molecule has 1 aliphatic rings. The van der Waals surface area contributed by atoms with E-state index in [-0.39, 0.29) is 35.2 Å². The Bertz CT molecular complexity index is 1440. The fourth-order valence-corrected chi connectivity index (χ4v) is 5.15. The third-order valence-electron chi connectivity index (χ3n) is 5.43. The van der Waals surface area contributed by atoms with Gasteiger partial charge in [-0.3, -0.25) is 4.57 Å². The zero-order valence-corrected chi connectivity index (χ0v) is 17.2. The van der Waals surface area contributed by atoms with Gasteiger partial charge >= 0.3 is 5.76 Å². The first-order chi connectivity index (χ1) is 14.8. The zero-order chi connectivity index (χ0) is 21.8. The van der Waals surface area contributed by atoms with Crippen LogP contribution in [0, 0.1) is 0 Å². The highest BCUT2D eigenvalue weighted by Gasteiger charge is 2.48. The molecule has 1 atom stereocenters. The van der Waals surface area contributed by atoms with E-state index in [0.29, 0.717) is 11.1 Å². The van der Waals surface area contributed by atoms with Crippen molar-refractivity contribution in [3.63, 3.8) is 0 Å². The van der Waals surface area contributed by atoms with Gasteiger partial charge in [-0.25, -0.2) is 17.6 Å². The fraction of sp³-hybridized carbons (Fsp3) is 0.250. The van der Waals surface area contributed by atoms with E-state index in [1.807, 2.05) is 6.07 Å². The van der Waals surface area contributed by atoms with E-state index in [1.54, 1.807) is 24.3 Å². The maximum Gasteiger partial charge on any atom is 0.419 e. The molecule has 4 aromatic rings. The summed E-state index contributed by atoms with van der Waals surface area (Å²) < 4.78 is 54.3. The van der Waals surface area contributed by atoms with E-state index < -0.39 is 28.0 Å². The summed E-state index contributed by atoms with van der Waals surface area (Å²) in [6.07, 6.45) is -0.116. The van der Waals surface area contributed by atoms with Crippen LogP contribution in [0.5, 0.6) is 0 Å². The number of aryl methyl sites for hydroxylation is 1. The average molecular weight is 444 g/mol. The molecule has 0 N–H and O–H groups in total. The van der Waals surface area contributed by atoms with Gasteiger partial charge in [0.15, 0.2) is 5.58 Å². The molecule has 11 heteroatoms. The summed E-state index contributed by atoms with van der Waals surface area (Å²) in [6.45, 7) is -0.502. The fourth-order valence-electron chi connectivity index (χ4n) is 3.65. The number of oxazole rings is 1. The van der Waals surface area contributed by atoms with Crippen LogP contribution in [0.15, 0.2) is 67.2 Å². The summed E-state index contributed by atoms with van der Waals surface area (Å²) in [6, 6.07) is 13.0. The second kappa shape index (κ2) is 6.86. The second-order valence-electron chi connectivity index (χ2n) is 7.40. The number of nitrogens with zero attached hydrogens (tertiary/aromatic N) is 4. The predicted molar refractivity (Wildman–Crippen MR) is 107 cm³/mol. The number of sulfonamides is 1. The van der Waals surface area contributed by atoms with E-state index in [0.717, 1.165) is 4.31 Å². The topological polar surface area (TPSA) is 111 Å². The van der Waals surface area contributed by atoms with Crippen molar-refractivity contribution in [1.29, 1.82) is 0 Å². The quantitative estimate of drug-likeness (QED) is 0.475. The molecular weight excluding hydrogens is 427 g/mol. The largest absolute Gasteiger partial charge is 0.419 e. The molecule has 5 rings (SSSR count). The maximum absolute atomic E-state index is 15.6. The molecule has 1 saturated heterocycles. The lowest BCUT2D eigenvalue weighted by molar-refractivity contribution is 0.127. The monoisotopic (exact) mass is 444 g/mol. The van der Waals surface area contributed by atoms with E-state index >= 15 is 4.39 Å². The van der Waals surface area contributed by atoms with Gasteiger partial charge in [0.1, 0.15) is 0 Å². The summed E-state index contributed by atoms with van der Waals surface area (Å²) in [5.41, 5.74) is -0.824. The number of hydrogen-bond donors (Lipinski definition) is 0. The van der Waals surface area contributed by atoms with E-state index in [1.165, 1.54) is 29.8 Å². The van der Waals surface area contributed by atoms with Gasteiger partial charge in [-0.05, 0) is 18.2 Å². The van der Waals surface area contributed by atoms with Gasteiger partial charge in [0.05, 0.1) is 17.0 Å². The van der Waals surface area contributed by atoms with Crippen LogP contribution in [0.3, 0.4) is 0 Å². The Morgan fingerprint density at radius 3 is 2.71 bits per heavy atom. The van der Waals surface area contributed by atoms with Crippen molar-refractivity contribution in [3.05, 3.63) is 65.0 Å². The summed E-state index contributed by atoms with van der Waals surface area (Å²) in [5.74, 6) is -0.615. The number of halogens is 1. The summed E-state index contributed by atoms with van der Waals surface area (Å²) in [5, 5.41) is 3.83. The Labute approximate surface area is 175 Å². The third-order valence-corrected chi connectivity index (χ3v) is 7.27. The molecule has 0 aliphatic carbocycles. The van der Waals surface area contributed by atoms with Crippen molar-refractivity contribution in [3.8, 4) is 11.4 Å². The van der Waals surface area contributed by atoms with E-state index in [2.05, 4.69) is 10.1 Å². The lowest BCUT2D eigenvalue weighted by Crippen LogP contribution is -2.32. The highest BCUT2D eigenvalue weighted by Crippen LogP contribution is 2.38. The molecule has 0 radical (unpaired) electrons. The smallest absolute Gasteiger partial charge is 0.408 e. The Morgan fingerprint density at radius 2 is 1.94 bits per heavy atom. The molecule has 1 unspecified atom stereocenters. The van der Waals surface area contributed by atoms with Gasteiger partial charge in [-0.2, -0.15) is 9.29 Å². The molecule has 1 fully saturated rings. The van der Waals surface area contributed by atoms with E-state index in [9.17, 15) is 13.2 Å². The predicted octanol–water partition coefficient (Wildman–Crippen LogP) is 2.44. The molecule has 160 valence electrons. The molecule has 3 heterocycles. The molecule has 2 aromatic heterocycles. The minimum atomic E-state index is -4.02. The third kappa shape index (κ3) is 3.17. The molecule has 0 saturated carbocycles. The Hall–Kier alpha value is -3.31. The van der Waals surface area contributed by atoms with Gasteiger partial charge in [0, 0.05) is 25.6 Å². The standard InChI is InChI=1S/C20H17FN4O5S/c1-24-15-11-14(7-8-16(15)29-19(24)26)31(27,28)25-10-9-20(21,12-25)18-22-17(23-30-18)13-5-3-2-4-6-13/h2-8,11H,9-10,12H2,1H3. The van der Waals surface area contributed by atoms with Gasteiger partial charge in [0.25, 0.3) is 5.89 Å². The second-order valence-corrected chi connectivity index (χ2v) is 9.34. The lowest BCUT2D eigenvalue weighted by atomic mass is 10.1. The van der Waals surface area contributed by atoms with Crippen LogP contribution in [0.4, 0.5) is 4.39 Å². The molecule has 0 amide bonds. The van der Waals surface area contributed by atoms with Gasteiger partial charge in [0.2, 0.25) is 21.5 Å². The number of aromatic nitrogens is 3. The van der Waals surface area contributed by atoms with Gasteiger partial charge < -0.3 is 8.94 Å². The molecule has 0 spiro atoms. The van der Waals surface area contributed by atoms with Crippen LogP contribution < -0.4 is 5.76 Å². The minimum absolute atomic E-state index is 0.0514. The van der Waals surface area contributed by atoms with E-state index in [4.69, 9.17) is 8.94 Å². The van der Waals surface area contributed by atoms with Crippen LogP contribution in [-0.2, 0) is 22.7 Å². The number of alkyl halides is 1. The highest BCUT2D eigenvalue weighted by molar-refractivity contribution is 7.89. The molecule has 31 heavy (non-hydrogen) atoms. The first-order valence-electron chi connectivity index (χ1n) is 9.46. The van der Waals surface area contributed by atoms with Crippen LogP contribution in [0.25, 0.3) is 22.5 Å². The first-order valence-corrected chi connectivity index (χ1v) is 10.9. The number of fused-ring (bicyclic) bond motifs is 1. The number of hydrogen-bond acceptors (Lipinski definition) is 7. The minimum Gasteiger partial charge on any atom is -0.408 e. The Morgan fingerprint density at radius 1 is 1.16 bits per heavy atom. The van der Waals surface area contributed by atoms with Crippen molar-refractivity contribution in [2.24, 2.45) is 7.05 Å². The van der Waals surface area contributed by atoms with Crippen molar-refractivity contribution < 1.29 is 21.7 Å². The molecule has 9 nitrogen and oxygen atoms in total. The van der Waals surface area contributed by atoms with Crippen LogP contribution in [-0.4, -0.2) is 40.5 Å². The number of benzene rings is 2. The van der Waals surface area contributed by atoms with Crippen molar-refractivity contribution in [2.75, 3.05) is 13.1 Å². The van der Waals surface area contributed by atoms with Crippen molar-refractivity contribution >= 4 is 21.1 Å². The Kier molecular flexibility index (Phi) is 4.34. The lowest BCUT2D eigenvalue weighted by Gasteiger charge is -2.18. The summed E-state index contributed by atoms with van der Waals surface area (Å²) >= 11 is 0. The molecular formula is C20H17FN4O5S. The number of rotatable bonds is 4. The van der Waals surface area contributed by atoms with Crippen molar-refractivity contribution in [2.45, 2.75) is 17.0 Å². The van der Waals surface area contributed by atoms with Crippen molar-refractivity contribution in [1.82, 2.24) is 19.0 Å². The van der Waals surface area contributed by atoms with Crippen LogP contribution >= 0.6 is 0 Å². The van der Waals surface area contributed by atoms with Crippen LogP contribution in [0.1, 0.15) is 12.3 Å². The molecule has 0 bridgehead atoms. The first kappa shape index (κ1) is 19.6. The average Bonchev–Trinajstić information content (AvgIpc) is 3.48. The zero-order valence-electron chi connectivity index (χ0n) is 16.4. The summed E-state index contributed by atoms with van der Waals surface area (Å²) in [7, 11) is -2.54. The van der Waals surface area contributed by atoms with Gasteiger partial charge in [-0.15, -0.1) is 0 Å². The highest BCUT2D eigenvalue weighted by atomic mass is 32.2. The van der Waals surface area contributed by atoms with Crippen LogP contribution in [0.2, 0.25) is 0 Å². The molecule has 2 aromatic carbocycles. The normalized spacial score (nSPS) is 19.9. The van der Waals surface area contributed by atoms with Gasteiger partial charge in [-0.1, -0.05) is 35.5 Å². The Balaban J connectivity index is 1.44. The molecule has 1 aliphatic heterocycles.